The Balaban J connectivity index is 1.80. The van der Waals surface area contributed by atoms with Gasteiger partial charge < -0.3 is 4.40 Å². The molecular weight excluding hydrogens is 313 g/mol. The minimum Gasteiger partial charge on any atom is -0.308 e. The molecule has 0 amide bonds. The zero-order valence-corrected chi connectivity index (χ0v) is 14.5. The van der Waals surface area contributed by atoms with Crippen molar-refractivity contribution in [2.45, 2.75) is 0 Å². The highest BCUT2D eigenvalue weighted by molar-refractivity contribution is 6.32. The molecule has 0 aliphatic rings. The summed E-state index contributed by atoms with van der Waals surface area (Å²) in [5, 5.41) is 5.33. The Morgan fingerprint density at radius 3 is 2.00 bits per heavy atom. The van der Waals surface area contributed by atoms with Gasteiger partial charge in [-0.15, -0.1) is 0 Å². The van der Waals surface area contributed by atoms with Gasteiger partial charge in [0, 0.05) is 21.5 Å². The van der Waals surface area contributed by atoms with Gasteiger partial charge >= 0.3 is 0 Å². The first-order chi connectivity index (χ1) is 12.8. The van der Waals surface area contributed by atoms with E-state index in [1.54, 1.807) is 0 Å². The Morgan fingerprint density at radius 1 is 0.538 bits per heavy atom. The largest absolute Gasteiger partial charge is 0.308 e. The van der Waals surface area contributed by atoms with Crippen molar-refractivity contribution in [2.75, 3.05) is 0 Å². The molecule has 0 aliphatic carbocycles. The lowest BCUT2D eigenvalue weighted by molar-refractivity contribution is 1.37. The third kappa shape index (κ3) is 1.71. The summed E-state index contributed by atoms with van der Waals surface area (Å²) in [6, 6.07) is 31.0. The maximum Gasteiger partial charge on any atom is 0.139 e. The zero-order chi connectivity index (χ0) is 17.3. The number of aromatic nitrogens is 1. The smallest absolute Gasteiger partial charge is 0.139 e. The molecule has 2 aromatic heterocycles. The van der Waals surface area contributed by atoms with Crippen molar-refractivity contribution in [3.63, 3.8) is 0 Å². The van der Waals surface area contributed by atoms with Gasteiger partial charge in [-0.2, -0.15) is 0 Å². The van der Waals surface area contributed by atoms with Crippen LogP contribution in [0.2, 0.25) is 0 Å². The van der Waals surface area contributed by atoms with Crippen molar-refractivity contribution in [3.05, 3.63) is 84.9 Å². The fourth-order valence-corrected chi connectivity index (χ4v) is 4.36. The van der Waals surface area contributed by atoms with Crippen LogP contribution in [0, 0.1) is 0 Å². The highest BCUT2D eigenvalue weighted by atomic mass is 14.9. The summed E-state index contributed by atoms with van der Waals surface area (Å²) in [6.07, 6.45) is 0. The molecule has 0 saturated carbocycles. The fourth-order valence-electron chi connectivity index (χ4n) is 4.36. The van der Waals surface area contributed by atoms with E-state index in [1.165, 1.54) is 54.7 Å². The van der Waals surface area contributed by atoms with Crippen LogP contribution < -0.4 is 5.46 Å². The van der Waals surface area contributed by atoms with Gasteiger partial charge in [-0.05, 0) is 23.3 Å². The maximum atomic E-state index is 2.44. The molecule has 2 heterocycles. The Bertz CT molecular complexity index is 1420. The monoisotopic (exact) mass is 329 g/mol. The first kappa shape index (κ1) is 14.0. The van der Waals surface area contributed by atoms with E-state index in [0.717, 1.165) is 0 Å². The van der Waals surface area contributed by atoms with Crippen LogP contribution in [0.15, 0.2) is 84.9 Å². The highest BCUT2D eigenvalue weighted by Gasteiger charge is 2.16. The molecule has 0 aliphatic heterocycles. The van der Waals surface area contributed by atoms with Crippen LogP contribution in [0.25, 0.3) is 49.2 Å². The van der Waals surface area contributed by atoms with E-state index < -0.39 is 0 Å². The van der Waals surface area contributed by atoms with Gasteiger partial charge in [0.2, 0.25) is 0 Å². The summed E-state index contributed by atoms with van der Waals surface area (Å²) in [4.78, 5) is 0. The van der Waals surface area contributed by atoms with E-state index in [9.17, 15) is 0 Å². The normalized spacial score (nSPS) is 12.0. The average molecular weight is 329 g/mol. The van der Waals surface area contributed by atoms with Crippen LogP contribution >= 0.6 is 0 Å². The van der Waals surface area contributed by atoms with Crippen molar-refractivity contribution in [2.24, 2.45) is 0 Å². The average Bonchev–Trinajstić information content (AvgIpc) is 3.20. The third-order valence-corrected chi connectivity index (χ3v) is 5.61. The molecule has 0 unspecified atom stereocenters. The summed E-state index contributed by atoms with van der Waals surface area (Å²) in [6.45, 7) is 0. The second-order valence-electron chi connectivity index (χ2n) is 7.15. The summed E-state index contributed by atoms with van der Waals surface area (Å²) in [5.41, 5.74) is 7.74. The van der Waals surface area contributed by atoms with Gasteiger partial charge in [0.1, 0.15) is 7.85 Å². The van der Waals surface area contributed by atoms with Gasteiger partial charge in [-0.25, -0.2) is 0 Å². The van der Waals surface area contributed by atoms with Crippen molar-refractivity contribution in [1.29, 1.82) is 0 Å². The van der Waals surface area contributed by atoms with E-state index in [0.29, 0.717) is 0 Å². The highest BCUT2D eigenvalue weighted by Crippen LogP contribution is 2.39. The number of para-hydroxylation sites is 2. The number of benzene rings is 4. The van der Waals surface area contributed by atoms with E-state index in [2.05, 4.69) is 97.2 Å². The molecule has 0 radical (unpaired) electrons. The predicted molar refractivity (Wildman–Crippen MR) is 115 cm³/mol. The molecular formula is C24H16BN. The molecule has 0 N–H and O–H groups in total. The number of fused-ring (bicyclic) bond motifs is 6. The molecule has 6 rings (SSSR count). The molecule has 2 heteroatoms. The van der Waals surface area contributed by atoms with E-state index in [4.69, 9.17) is 0 Å². The van der Waals surface area contributed by atoms with E-state index in [-0.39, 0.29) is 0 Å². The summed E-state index contributed by atoms with van der Waals surface area (Å²) in [5.74, 6) is 0. The van der Waals surface area contributed by atoms with Crippen LogP contribution in [-0.2, 0) is 0 Å². The van der Waals surface area contributed by atoms with Crippen LogP contribution in [0.5, 0.6) is 0 Å². The quantitative estimate of drug-likeness (QED) is 0.383. The zero-order valence-electron chi connectivity index (χ0n) is 14.5. The predicted octanol–water partition coefficient (Wildman–Crippen LogP) is 4.76. The first-order valence-electron chi connectivity index (χ1n) is 9.05. The fraction of sp³-hybridized carbons (Fsp3) is 0. The minimum atomic E-state index is 1.27. The Morgan fingerprint density at radius 2 is 1.19 bits per heavy atom. The summed E-state index contributed by atoms with van der Waals surface area (Å²) < 4.78 is 2.44. The van der Waals surface area contributed by atoms with Crippen LogP contribution in [0.1, 0.15) is 0 Å². The van der Waals surface area contributed by atoms with Crippen molar-refractivity contribution in [1.82, 2.24) is 4.40 Å². The molecule has 0 spiro atoms. The number of hydrogen-bond acceptors (Lipinski definition) is 0. The SMILES string of the molecule is Bc1ccc(-c2ccc3c4cccc5c6ccccc6n(c3c2)c54)cc1. The topological polar surface area (TPSA) is 4.41 Å². The molecule has 0 fully saturated rings. The van der Waals surface area contributed by atoms with E-state index in [1.807, 2.05) is 0 Å². The molecule has 0 bridgehead atoms. The Labute approximate surface area is 152 Å². The molecule has 26 heavy (non-hydrogen) atoms. The standard InChI is InChI=1S/C24H16BN/c25-17-11-8-15(9-12-17)16-10-13-19-21-6-3-5-20-18-4-1-2-7-22(18)26(24(20)21)23(19)14-16/h1-14H,25H2. The lowest BCUT2D eigenvalue weighted by atomic mass is 9.93. The van der Waals surface area contributed by atoms with Gasteiger partial charge in [-0.3, -0.25) is 0 Å². The molecule has 4 aromatic carbocycles. The minimum absolute atomic E-state index is 1.27. The van der Waals surface area contributed by atoms with Gasteiger partial charge in [0.15, 0.2) is 0 Å². The van der Waals surface area contributed by atoms with E-state index >= 15 is 0 Å². The first-order valence-corrected chi connectivity index (χ1v) is 9.05. The lowest BCUT2D eigenvalue weighted by Crippen LogP contribution is -1.99. The van der Waals surface area contributed by atoms with Crippen LogP contribution in [0.4, 0.5) is 0 Å². The number of nitrogens with zero attached hydrogens (tertiary/aromatic N) is 1. The molecule has 1 nitrogen and oxygen atoms in total. The molecule has 120 valence electrons. The summed E-state index contributed by atoms with van der Waals surface area (Å²) in [7, 11) is 2.13. The van der Waals surface area contributed by atoms with Gasteiger partial charge in [-0.1, -0.05) is 78.3 Å². The van der Waals surface area contributed by atoms with Gasteiger partial charge in [0.25, 0.3) is 0 Å². The summed E-state index contributed by atoms with van der Waals surface area (Å²) >= 11 is 0. The second kappa shape index (κ2) is 4.89. The lowest BCUT2D eigenvalue weighted by Gasteiger charge is -2.04. The van der Waals surface area contributed by atoms with Crippen molar-refractivity contribution >= 4 is 51.4 Å². The Kier molecular flexibility index (Phi) is 2.63. The Hall–Kier alpha value is -3.26. The van der Waals surface area contributed by atoms with Crippen molar-refractivity contribution in [3.8, 4) is 11.1 Å². The number of hydrogen-bond donors (Lipinski definition) is 0. The van der Waals surface area contributed by atoms with Crippen molar-refractivity contribution < 1.29 is 0 Å². The third-order valence-electron chi connectivity index (χ3n) is 5.61. The number of rotatable bonds is 1. The molecule has 0 atom stereocenters. The second-order valence-corrected chi connectivity index (χ2v) is 7.15. The van der Waals surface area contributed by atoms with Crippen LogP contribution in [0.3, 0.4) is 0 Å². The maximum absolute atomic E-state index is 2.44. The molecule has 0 saturated heterocycles. The van der Waals surface area contributed by atoms with Gasteiger partial charge in [0.05, 0.1) is 16.6 Å². The molecule has 6 aromatic rings. The van der Waals surface area contributed by atoms with Crippen LogP contribution in [-0.4, -0.2) is 12.2 Å².